The molecule has 0 aliphatic carbocycles. The van der Waals surface area contributed by atoms with E-state index in [4.69, 9.17) is 9.47 Å². The predicted octanol–water partition coefficient (Wildman–Crippen LogP) is 2.83. The minimum absolute atomic E-state index is 0.416. The van der Waals surface area contributed by atoms with Gasteiger partial charge in [-0.05, 0) is 44.4 Å². The molecule has 0 saturated heterocycles. The molecular weight excluding hydrogens is 366 g/mol. The van der Waals surface area contributed by atoms with E-state index in [0.717, 1.165) is 36.1 Å². The number of nitrogens with one attached hydrogen (secondary N) is 2. The van der Waals surface area contributed by atoms with Crippen LogP contribution in [0.5, 0.6) is 5.75 Å². The number of aryl methyl sites for hydroxylation is 3. The first kappa shape index (κ1) is 22.7. The number of methoxy groups -OCH3 is 1. The van der Waals surface area contributed by atoms with Crippen LogP contribution in [-0.4, -0.2) is 49.7 Å². The van der Waals surface area contributed by atoms with Crippen LogP contribution in [0, 0.1) is 26.7 Å². The van der Waals surface area contributed by atoms with E-state index in [1.165, 1.54) is 11.3 Å². The van der Waals surface area contributed by atoms with E-state index >= 15 is 0 Å². The van der Waals surface area contributed by atoms with Gasteiger partial charge >= 0.3 is 0 Å². The first-order valence-electron chi connectivity index (χ1n) is 10.1. The molecule has 1 aromatic heterocycles. The van der Waals surface area contributed by atoms with Gasteiger partial charge in [0.15, 0.2) is 5.96 Å². The lowest BCUT2D eigenvalue weighted by Crippen LogP contribution is -2.39. The molecule has 0 fully saturated rings. The van der Waals surface area contributed by atoms with E-state index in [1.54, 1.807) is 14.2 Å². The lowest BCUT2D eigenvalue weighted by molar-refractivity contribution is 0.145. The monoisotopic (exact) mass is 401 g/mol. The standard InChI is InChI=1S/C22H35N5O2/c1-16-7-8-20(21(11-16)29-10-9-28-6)14-25-22(23-5)24-13-17(2)15-27-19(4)12-18(3)26-27/h7-8,11-12,17H,9-10,13-15H2,1-6H3,(H2,23,24,25). The summed E-state index contributed by atoms with van der Waals surface area (Å²) in [7, 11) is 3.46. The summed E-state index contributed by atoms with van der Waals surface area (Å²) in [5.74, 6) is 2.07. The molecule has 0 spiro atoms. The second-order valence-electron chi connectivity index (χ2n) is 7.47. The maximum Gasteiger partial charge on any atom is 0.191 e. The van der Waals surface area contributed by atoms with Crippen molar-refractivity contribution in [1.82, 2.24) is 20.4 Å². The molecule has 0 amide bonds. The van der Waals surface area contributed by atoms with Crippen LogP contribution in [-0.2, 0) is 17.8 Å². The zero-order valence-electron chi connectivity index (χ0n) is 18.6. The van der Waals surface area contributed by atoms with Gasteiger partial charge in [-0.2, -0.15) is 5.10 Å². The molecule has 0 saturated carbocycles. The van der Waals surface area contributed by atoms with Gasteiger partial charge in [0.25, 0.3) is 0 Å². The average Bonchev–Trinajstić information content (AvgIpc) is 3.00. The van der Waals surface area contributed by atoms with E-state index in [-0.39, 0.29) is 0 Å². The van der Waals surface area contributed by atoms with Gasteiger partial charge in [0.1, 0.15) is 12.4 Å². The zero-order valence-corrected chi connectivity index (χ0v) is 18.6. The fourth-order valence-electron chi connectivity index (χ4n) is 3.07. The van der Waals surface area contributed by atoms with E-state index in [2.05, 4.69) is 70.4 Å². The van der Waals surface area contributed by atoms with Crippen molar-refractivity contribution < 1.29 is 9.47 Å². The Morgan fingerprint density at radius 2 is 1.97 bits per heavy atom. The van der Waals surface area contributed by atoms with Crippen LogP contribution >= 0.6 is 0 Å². The Labute approximate surface area is 174 Å². The minimum atomic E-state index is 0.416. The maximum absolute atomic E-state index is 5.87. The van der Waals surface area contributed by atoms with Crippen LogP contribution in [0.15, 0.2) is 29.3 Å². The number of hydrogen-bond donors (Lipinski definition) is 2. The van der Waals surface area contributed by atoms with E-state index < -0.39 is 0 Å². The van der Waals surface area contributed by atoms with Crippen molar-refractivity contribution in [3.8, 4) is 5.75 Å². The molecule has 0 radical (unpaired) electrons. The minimum Gasteiger partial charge on any atom is -0.491 e. The number of aliphatic imine (C=N–C) groups is 1. The highest BCUT2D eigenvalue weighted by molar-refractivity contribution is 5.79. The van der Waals surface area contributed by atoms with Crippen LogP contribution in [0.1, 0.15) is 29.4 Å². The van der Waals surface area contributed by atoms with Gasteiger partial charge in [-0.15, -0.1) is 0 Å². The Hall–Kier alpha value is -2.54. The Kier molecular flexibility index (Phi) is 8.99. The summed E-state index contributed by atoms with van der Waals surface area (Å²) >= 11 is 0. The van der Waals surface area contributed by atoms with Crippen LogP contribution in [0.2, 0.25) is 0 Å². The highest BCUT2D eigenvalue weighted by atomic mass is 16.5. The van der Waals surface area contributed by atoms with E-state index in [1.807, 2.05) is 6.92 Å². The predicted molar refractivity (Wildman–Crippen MR) is 118 cm³/mol. The molecule has 0 aliphatic heterocycles. The molecule has 0 bridgehead atoms. The number of hydrogen-bond acceptors (Lipinski definition) is 4. The topological polar surface area (TPSA) is 72.7 Å². The highest BCUT2D eigenvalue weighted by Gasteiger charge is 2.09. The normalized spacial score (nSPS) is 12.7. The quantitative estimate of drug-likeness (QED) is 0.364. The fourth-order valence-corrected chi connectivity index (χ4v) is 3.07. The first-order valence-corrected chi connectivity index (χ1v) is 10.1. The third-order valence-electron chi connectivity index (χ3n) is 4.64. The molecular formula is C22H35N5O2. The second-order valence-corrected chi connectivity index (χ2v) is 7.47. The Morgan fingerprint density at radius 1 is 1.17 bits per heavy atom. The molecule has 2 N–H and O–H groups in total. The van der Waals surface area contributed by atoms with Crippen molar-refractivity contribution in [2.45, 2.75) is 40.8 Å². The molecule has 1 aromatic carbocycles. The summed E-state index contributed by atoms with van der Waals surface area (Å²) < 4.78 is 13.0. The van der Waals surface area contributed by atoms with Crippen molar-refractivity contribution in [1.29, 1.82) is 0 Å². The van der Waals surface area contributed by atoms with Gasteiger partial charge < -0.3 is 20.1 Å². The molecule has 29 heavy (non-hydrogen) atoms. The molecule has 7 heteroatoms. The number of guanidine groups is 1. The van der Waals surface area contributed by atoms with Gasteiger partial charge in [-0.1, -0.05) is 19.1 Å². The van der Waals surface area contributed by atoms with Crippen LogP contribution in [0.4, 0.5) is 0 Å². The van der Waals surface area contributed by atoms with Crippen LogP contribution in [0.3, 0.4) is 0 Å². The van der Waals surface area contributed by atoms with Crippen molar-refractivity contribution in [3.63, 3.8) is 0 Å². The lowest BCUT2D eigenvalue weighted by Gasteiger charge is -2.18. The van der Waals surface area contributed by atoms with Gasteiger partial charge in [0.05, 0.1) is 12.3 Å². The highest BCUT2D eigenvalue weighted by Crippen LogP contribution is 2.20. The Bertz CT molecular complexity index is 800. The maximum atomic E-state index is 5.87. The second kappa shape index (κ2) is 11.5. The third-order valence-corrected chi connectivity index (χ3v) is 4.64. The van der Waals surface area contributed by atoms with Gasteiger partial charge in [-0.25, -0.2) is 0 Å². The summed E-state index contributed by atoms with van der Waals surface area (Å²) in [4.78, 5) is 4.34. The summed E-state index contributed by atoms with van der Waals surface area (Å²) in [5, 5.41) is 11.3. The zero-order chi connectivity index (χ0) is 21.2. The molecule has 1 atom stereocenters. The number of benzene rings is 1. The molecule has 1 unspecified atom stereocenters. The molecule has 7 nitrogen and oxygen atoms in total. The number of rotatable bonds is 10. The van der Waals surface area contributed by atoms with Crippen molar-refractivity contribution in [3.05, 3.63) is 46.8 Å². The summed E-state index contributed by atoms with van der Waals surface area (Å²) in [5.41, 5.74) is 4.51. The first-order chi connectivity index (χ1) is 13.9. The SMILES string of the molecule is CN=C(NCc1ccc(C)cc1OCCOC)NCC(C)Cn1nc(C)cc1C. The summed E-state index contributed by atoms with van der Waals surface area (Å²) in [6.07, 6.45) is 0. The lowest BCUT2D eigenvalue weighted by atomic mass is 10.1. The van der Waals surface area contributed by atoms with Crippen LogP contribution in [0.25, 0.3) is 0 Å². The third kappa shape index (κ3) is 7.42. The van der Waals surface area contributed by atoms with Gasteiger partial charge in [0.2, 0.25) is 0 Å². The summed E-state index contributed by atoms with van der Waals surface area (Å²) in [6.45, 7) is 11.8. The van der Waals surface area contributed by atoms with Crippen molar-refractivity contribution >= 4 is 5.96 Å². The van der Waals surface area contributed by atoms with E-state index in [9.17, 15) is 0 Å². The molecule has 2 rings (SSSR count). The van der Waals surface area contributed by atoms with Gasteiger partial charge in [-0.3, -0.25) is 9.67 Å². The molecule has 2 aromatic rings. The van der Waals surface area contributed by atoms with Crippen molar-refractivity contribution in [2.24, 2.45) is 10.9 Å². The van der Waals surface area contributed by atoms with Gasteiger partial charge in [0, 0.05) is 45.0 Å². The van der Waals surface area contributed by atoms with Crippen LogP contribution < -0.4 is 15.4 Å². The van der Waals surface area contributed by atoms with E-state index in [0.29, 0.717) is 25.7 Å². The molecule has 1 heterocycles. The number of ether oxygens (including phenoxy) is 2. The summed E-state index contributed by atoms with van der Waals surface area (Å²) in [6, 6.07) is 8.34. The fraction of sp³-hybridized carbons (Fsp3) is 0.545. The largest absolute Gasteiger partial charge is 0.491 e. The Balaban J connectivity index is 1.86. The smallest absolute Gasteiger partial charge is 0.191 e. The number of nitrogens with zero attached hydrogens (tertiary/aromatic N) is 3. The van der Waals surface area contributed by atoms with Crippen molar-refractivity contribution in [2.75, 3.05) is 33.9 Å². The number of aromatic nitrogens is 2. The molecule has 160 valence electrons. The molecule has 0 aliphatic rings. The Morgan fingerprint density at radius 3 is 2.62 bits per heavy atom. The average molecular weight is 402 g/mol.